The fraction of sp³-hybridized carbons (Fsp3) is 0.857. The highest BCUT2D eigenvalue weighted by molar-refractivity contribution is 6.18. The maximum atomic E-state index is 10.7. The van der Waals surface area contributed by atoms with E-state index in [1.165, 1.54) is 0 Å². The Balaban J connectivity index is 0.000000461. The quantitative estimate of drug-likeness (QED) is 0.635. The van der Waals surface area contributed by atoms with E-state index >= 15 is 0 Å². The zero-order valence-corrected chi connectivity index (χ0v) is 7.82. The molecule has 1 aliphatic heterocycles. The molecule has 1 heterocycles. The molecule has 0 bridgehead atoms. The van der Waals surface area contributed by atoms with Gasteiger partial charge in [-0.05, 0) is 0 Å². The minimum atomic E-state index is 0.00986. The van der Waals surface area contributed by atoms with Gasteiger partial charge in [0.05, 0.1) is 0 Å². The zero-order chi connectivity index (χ0) is 8.69. The molecule has 0 saturated carbocycles. The number of carbonyl (C=O) groups excluding carboxylic acids is 1. The van der Waals surface area contributed by atoms with Crippen molar-refractivity contribution in [3.05, 3.63) is 0 Å². The minimum Gasteiger partial charge on any atom is -0.336 e. The van der Waals surface area contributed by atoms with Gasteiger partial charge in [0.1, 0.15) is 0 Å². The maximum Gasteiger partial charge on any atom is 0.317 e. The van der Waals surface area contributed by atoms with Crippen molar-refractivity contribution in [2.75, 3.05) is 25.5 Å². The summed E-state index contributed by atoms with van der Waals surface area (Å²) in [6, 6.07) is 0.00986. The van der Waals surface area contributed by atoms with E-state index in [0.717, 1.165) is 13.1 Å². The Labute approximate surface area is 72.7 Å². The van der Waals surface area contributed by atoms with E-state index in [0.29, 0.717) is 12.4 Å². The van der Waals surface area contributed by atoms with E-state index in [2.05, 4.69) is 5.32 Å². The first-order valence-corrected chi connectivity index (χ1v) is 4.47. The number of halogens is 1. The van der Waals surface area contributed by atoms with Gasteiger partial charge < -0.3 is 10.2 Å². The molecule has 0 aromatic carbocycles. The molecule has 1 aliphatic rings. The number of nitrogens with one attached hydrogen (secondary N) is 1. The monoisotopic (exact) mass is 178 g/mol. The van der Waals surface area contributed by atoms with Crippen LogP contribution >= 0.6 is 11.6 Å². The predicted octanol–water partition coefficient (Wildman–Crippen LogP) is 1.28. The van der Waals surface area contributed by atoms with Crippen LogP contribution in [0.3, 0.4) is 0 Å². The Bertz CT molecular complexity index is 119. The predicted molar refractivity (Wildman–Crippen MR) is 47.0 cm³/mol. The van der Waals surface area contributed by atoms with Crippen molar-refractivity contribution < 1.29 is 4.79 Å². The third kappa shape index (κ3) is 3.46. The van der Waals surface area contributed by atoms with E-state index in [9.17, 15) is 4.79 Å². The summed E-state index contributed by atoms with van der Waals surface area (Å²) in [5.74, 6) is 0.521. The second-order valence-electron chi connectivity index (χ2n) is 1.91. The average molecular weight is 179 g/mol. The number of alkyl halides is 1. The minimum absolute atomic E-state index is 0.00986. The lowest BCUT2D eigenvalue weighted by Crippen LogP contribution is -2.29. The summed E-state index contributed by atoms with van der Waals surface area (Å²) >= 11 is 5.43. The van der Waals surface area contributed by atoms with Crippen LogP contribution in [-0.4, -0.2) is 36.4 Å². The van der Waals surface area contributed by atoms with Gasteiger partial charge >= 0.3 is 6.03 Å². The number of nitrogens with zero attached hydrogens (tertiary/aromatic N) is 1. The standard InChI is InChI=1S/C5H9ClN2O.C2H6/c6-1-3-8-4-2-7-5(8)9;1-2/h1-4H2,(H,7,9);1-2H3. The van der Waals surface area contributed by atoms with Crippen LogP contribution < -0.4 is 5.32 Å². The van der Waals surface area contributed by atoms with Gasteiger partial charge in [-0.2, -0.15) is 0 Å². The lowest BCUT2D eigenvalue weighted by Gasteiger charge is -2.10. The fourth-order valence-electron chi connectivity index (χ4n) is 0.827. The number of urea groups is 1. The number of rotatable bonds is 2. The van der Waals surface area contributed by atoms with Crippen molar-refractivity contribution in [2.24, 2.45) is 0 Å². The Morgan fingerprint density at radius 3 is 2.64 bits per heavy atom. The summed E-state index contributed by atoms with van der Waals surface area (Å²) in [7, 11) is 0. The molecule has 11 heavy (non-hydrogen) atoms. The van der Waals surface area contributed by atoms with E-state index in [1.54, 1.807) is 4.90 Å². The van der Waals surface area contributed by atoms with Gasteiger partial charge in [-0.15, -0.1) is 11.6 Å². The summed E-state index contributed by atoms with van der Waals surface area (Å²) in [4.78, 5) is 12.4. The van der Waals surface area contributed by atoms with Gasteiger partial charge in [0.15, 0.2) is 0 Å². The Hall–Kier alpha value is -0.440. The van der Waals surface area contributed by atoms with Gasteiger partial charge in [-0.3, -0.25) is 0 Å². The van der Waals surface area contributed by atoms with Gasteiger partial charge in [0.2, 0.25) is 0 Å². The van der Waals surface area contributed by atoms with Crippen molar-refractivity contribution in [1.29, 1.82) is 0 Å². The van der Waals surface area contributed by atoms with Gasteiger partial charge in [-0.1, -0.05) is 13.8 Å². The highest BCUT2D eigenvalue weighted by Gasteiger charge is 2.17. The SMILES string of the molecule is CC.O=C1NCCN1CCCl. The number of hydrogen-bond acceptors (Lipinski definition) is 1. The first kappa shape index (κ1) is 10.6. The largest absolute Gasteiger partial charge is 0.336 e. The Morgan fingerprint density at radius 2 is 2.27 bits per heavy atom. The smallest absolute Gasteiger partial charge is 0.317 e. The molecule has 3 nitrogen and oxygen atoms in total. The molecule has 0 radical (unpaired) electrons. The molecule has 1 N–H and O–H groups in total. The van der Waals surface area contributed by atoms with Gasteiger partial charge in [-0.25, -0.2) is 4.79 Å². The normalized spacial score (nSPS) is 15.5. The fourth-order valence-corrected chi connectivity index (χ4v) is 1.03. The molecule has 0 aliphatic carbocycles. The van der Waals surface area contributed by atoms with Crippen molar-refractivity contribution >= 4 is 17.6 Å². The van der Waals surface area contributed by atoms with Crippen LogP contribution in [0.15, 0.2) is 0 Å². The molecule has 1 rings (SSSR count). The molecule has 1 fully saturated rings. The number of carbonyl (C=O) groups is 1. The summed E-state index contributed by atoms with van der Waals surface area (Å²) in [6.45, 7) is 6.22. The third-order valence-electron chi connectivity index (χ3n) is 1.30. The van der Waals surface area contributed by atoms with Crippen LogP contribution in [0, 0.1) is 0 Å². The summed E-state index contributed by atoms with van der Waals surface area (Å²) < 4.78 is 0. The summed E-state index contributed by atoms with van der Waals surface area (Å²) in [5.41, 5.74) is 0. The van der Waals surface area contributed by atoms with Crippen LogP contribution in [0.1, 0.15) is 13.8 Å². The van der Waals surface area contributed by atoms with Crippen LogP contribution in [0.25, 0.3) is 0 Å². The molecule has 2 amide bonds. The second kappa shape index (κ2) is 6.28. The topological polar surface area (TPSA) is 32.3 Å². The molecule has 0 spiro atoms. The van der Waals surface area contributed by atoms with Crippen molar-refractivity contribution in [3.63, 3.8) is 0 Å². The van der Waals surface area contributed by atoms with E-state index in [-0.39, 0.29) is 6.03 Å². The third-order valence-corrected chi connectivity index (χ3v) is 1.47. The molecule has 1 saturated heterocycles. The van der Waals surface area contributed by atoms with Crippen molar-refractivity contribution in [2.45, 2.75) is 13.8 Å². The zero-order valence-electron chi connectivity index (χ0n) is 7.06. The highest BCUT2D eigenvalue weighted by Crippen LogP contribution is 1.95. The van der Waals surface area contributed by atoms with Crippen molar-refractivity contribution in [3.8, 4) is 0 Å². The molecule has 0 atom stereocenters. The van der Waals surface area contributed by atoms with E-state index < -0.39 is 0 Å². The molecular weight excluding hydrogens is 164 g/mol. The average Bonchev–Trinajstić information content (AvgIpc) is 2.42. The number of amides is 2. The van der Waals surface area contributed by atoms with Crippen molar-refractivity contribution in [1.82, 2.24) is 10.2 Å². The molecule has 0 unspecified atom stereocenters. The molecule has 0 aromatic rings. The van der Waals surface area contributed by atoms with Crippen LogP contribution in [0.5, 0.6) is 0 Å². The van der Waals surface area contributed by atoms with Crippen LogP contribution in [-0.2, 0) is 0 Å². The van der Waals surface area contributed by atoms with Gasteiger partial charge in [0, 0.05) is 25.5 Å². The molecule has 0 aromatic heterocycles. The van der Waals surface area contributed by atoms with Gasteiger partial charge in [0.25, 0.3) is 0 Å². The maximum absolute atomic E-state index is 10.7. The first-order valence-electron chi connectivity index (χ1n) is 3.93. The second-order valence-corrected chi connectivity index (χ2v) is 2.29. The Kier molecular flexibility index (Phi) is 6.03. The lowest BCUT2D eigenvalue weighted by molar-refractivity contribution is 0.220. The van der Waals surface area contributed by atoms with Crippen LogP contribution in [0.4, 0.5) is 4.79 Å². The molecule has 4 heteroatoms. The lowest BCUT2D eigenvalue weighted by atomic mass is 10.6. The first-order chi connectivity index (χ1) is 5.34. The Morgan fingerprint density at radius 1 is 1.64 bits per heavy atom. The summed E-state index contributed by atoms with van der Waals surface area (Å²) in [6.07, 6.45) is 0. The summed E-state index contributed by atoms with van der Waals surface area (Å²) in [5, 5.41) is 2.68. The molecular formula is C7H15ClN2O. The van der Waals surface area contributed by atoms with Crippen LogP contribution in [0.2, 0.25) is 0 Å². The molecule has 66 valence electrons. The number of hydrogen-bond donors (Lipinski definition) is 1. The van der Waals surface area contributed by atoms with E-state index in [1.807, 2.05) is 13.8 Å². The highest BCUT2D eigenvalue weighted by atomic mass is 35.5. The van der Waals surface area contributed by atoms with E-state index in [4.69, 9.17) is 11.6 Å².